The summed E-state index contributed by atoms with van der Waals surface area (Å²) in [6.07, 6.45) is 8.39. The number of methoxy groups -OCH3 is 2. The summed E-state index contributed by atoms with van der Waals surface area (Å²) in [6.45, 7) is 2.82. The second kappa shape index (κ2) is 8.27. The third kappa shape index (κ3) is 3.45. The molecule has 0 aromatic carbocycles. The van der Waals surface area contributed by atoms with Crippen molar-refractivity contribution in [3.05, 3.63) is 54.1 Å². The first-order valence-electron chi connectivity index (χ1n) is 11.1. The van der Waals surface area contributed by atoms with Crippen LogP contribution in [-0.4, -0.2) is 63.9 Å². The van der Waals surface area contributed by atoms with E-state index in [1.807, 2.05) is 24.5 Å². The van der Waals surface area contributed by atoms with E-state index in [-0.39, 0.29) is 0 Å². The van der Waals surface area contributed by atoms with Gasteiger partial charge in [-0.15, -0.1) is 0 Å². The Kier molecular flexibility index (Phi) is 5.08. The normalized spacial score (nSPS) is 19.6. The number of hydrogen-bond donors (Lipinski definition) is 0. The van der Waals surface area contributed by atoms with Gasteiger partial charge in [0.2, 0.25) is 5.88 Å². The number of aromatic nitrogens is 4. The van der Waals surface area contributed by atoms with Crippen LogP contribution in [0, 0.1) is 11.3 Å². The number of nitrogens with zero attached hydrogens (tertiary/aromatic N) is 7. The third-order valence-corrected chi connectivity index (χ3v) is 7.78. The summed E-state index contributed by atoms with van der Waals surface area (Å²) in [7, 11) is 3.26. The van der Waals surface area contributed by atoms with E-state index in [1.54, 1.807) is 42.5 Å². The fourth-order valence-electron chi connectivity index (χ4n) is 4.95. The minimum atomic E-state index is 0.511. The molecule has 9 nitrogen and oxygen atoms in total. The van der Waals surface area contributed by atoms with Crippen LogP contribution in [0.2, 0.25) is 0 Å². The van der Waals surface area contributed by atoms with Crippen LogP contribution in [0.25, 0.3) is 16.0 Å². The molecular weight excluding hydrogens is 450 g/mol. The summed E-state index contributed by atoms with van der Waals surface area (Å²) in [6, 6.07) is 9.22. The van der Waals surface area contributed by atoms with Crippen molar-refractivity contribution in [2.45, 2.75) is 25.0 Å². The molecule has 0 radical (unpaired) electrons. The molecule has 7 rings (SSSR count). The van der Waals surface area contributed by atoms with Gasteiger partial charge in [-0.25, -0.2) is 14.5 Å². The minimum Gasteiger partial charge on any atom is -0.495 e. The molecule has 2 atom stereocenters. The van der Waals surface area contributed by atoms with Gasteiger partial charge >= 0.3 is 0 Å². The average Bonchev–Trinajstić information content (AvgIpc) is 3.54. The highest BCUT2D eigenvalue weighted by Gasteiger charge is 2.45. The minimum absolute atomic E-state index is 0.511. The van der Waals surface area contributed by atoms with Gasteiger partial charge in [-0.3, -0.25) is 4.90 Å². The molecule has 3 aliphatic rings. The van der Waals surface area contributed by atoms with Crippen molar-refractivity contribution in [2.24, 2.45) is 0 Å². The van der Waals surface area contributed by atoms with Gasteiger partial charge in [-0.2, -0.15) is 10.4 Å². The van der Waals surface area contributed by atoms with E-state index in [2.05, 4.69) is 32.0 Å². The number of rotatable bonds is 6. The number of ether oxygens (including phenoxy) is 2. The molecule has 2 unspecified atom stereocenters. The molecule has 3 saturated heterocycles. The van der Waals surface area contributed by atoms with Crippen molar-refractivity contribution < 1.29 is 9.47 Å². The Morgan fingerprint density at radius 2 is 1.97 bits per heavy atom. The highest BCUT2D eigenvalue weighted by atomic mass is 32.1. The molecule has 7 heterocycles. The lowest BCUT2D eigenvalue weighted by Crippen LogP contribution is -2.68. The maximum Gasteiger partial charge on any atom is 0.212 e. The van der Waals surface area contributed by atoms with Gasteiger partial charge in [-0.1, -0.05) is 17.4 Å². The summed E-state index contributed by atoms with van der Waals surface area (Å²) in [5.74, 6) is 1.33. The number of nitriles is 1. The first kappa shape index (κ1) is 20.9. The SMILES string of the molecule is COc1cc(-c2cnc(N3CC4CC(C3)N4Cc3ccc(OC)nc3)s2)c2c(C#N)cnn2c1. The van der Waals surface area contributed by atoms with Gasteiger partial charge in [0.1, 0.15) is 11.8 Å². The number of piperazine rings is 1. The lowest BCUT2D eigenvalue weighted by atomic mass is 9.87. The number of piperidine rings is 1. The Morgan fingerprint density at radius 3 is 2.68 bits per heavy atom. The Bertz CT molecular complexity index is 1380. The van der Waals surface area contributed by atoms with E-state index in [4.69, 9.17) is 14.5 Å². The monoisotopic (exact) mass is 473 g/mol. The third-order valence-electron chi connectivity index (χ3n) is 6.69. The number of anilines is 1. The topological polar surface area (TPSA) is 91.8 Å². The van der Waals surface area contributed by atoms with Gasteiger partial charge in [0.25, 0.3) is 0 Å². The number of hydrogen-bond acceptors (Lipinski definition) is 9. The van der Waals surface area contributed by atoms with E-state index in [0.717, 1.165) is 40.7 Å². The molecule has 0 saturated carbocycles. The molecule has 4 aromatic heterocycles. The van der Waals surface area contributed by atoms with Crippen molar-refractivity contribution in [2.75, 3.05) is 32.2 Å². The molecule has 0 aliphatic carbocycles. The zero-order valence-corrected chi connectivity index (χ0v) is 19.7. The molecule has 0 N–H and O–H groups in total. The summed E-state index contributed by atoms with van der Waals surface area (Å²) in [5, 5.41) is 14.9. The molecule has 172 valence electrons. The molecule has 4 aromatic rings. The number of pyridine rings is 2. The lowest BCUT2D eigenvalue weighted by Gasteiger charge is -2.56. The van der Waals surface area contributed by atoms with Crippen LogP contribution in [0.1, 0.15) is 17.5 Å². The van der Waals surface area contributed by atoms with Crippen LogP contribution in [-0.2, 0) is 6.54 Å². The molecule has 2 bridgehead atoms. The van der Waals surface area contributed by atoms with Crippen molar-refractivity contribution >= 4 is 22.0 Å². The molecule has 3 fully saturated rings. The predicted octanol–water partition coefficient (Wildman–Crippen LogP) is 3.20. The van der Waals surface area contributed by atoms with E-state index in [0.29, 0.717) is 29.3 Å². The highest BCUT2D eigenvalue weighted by molar-refractivity contribution is 7.19. The Hall–Kier alpha value is -3.68. The largest absolute Gasteiger partial charge is 0.495 e. The molecular formula is C24H23N7O2S. The van der Waals surface area contributed by atoms with Crippen LogP contribution < -0.4 is 14.4 Å². The van der Waals surface area contributed by atoms with Gasteiger partial charge in [0.15, 0.2) is 5.13 Å². The predicted molar refractivity (Wildman–Crippen MR) is 128 cm³/mol. The van der Waals surface area contributed by atoms with Gasteiger partial charge in [0, 0.05) is 55.7 Å². The second-order valence-electron chi connectivity index (χ2n) is 8.59. The number of fused-ring (bicyclic) bond motifs is 3. The smallest absolute Gasteiger partial charge is 0.212 e. The molecule has 10 heteroatoms. The molecule has 3 aliphatic heterocycles. The Balaban J connectivity index is 1.21. The summed E-state index contributed by atoms with van der Waals surface area (Å²) >= 11 is 1.65. The molecule has 0 spiro atoms. The van der Waals surface area contributed by atoms with Crippen LogP contribution in [0.4, 0.5) is 5.13 Å². The fourth-order valence-corrected chi connectivity index (χ4v) is 5.90. The summed E-state index contributed by atoms with van der Waals surface area (Å²) < 4.78 is 12.3. The Labute approximate surface area is 200 Å². The zero-order chi connectivity index (χ0) is 23.2. The van der Waals surface area contributed by atoms with Crippen LogP contribution in [0.15, 0.2) is 43.0 Å². The maximum absolute atomic E-state index is 9.55. The van der Waals surface area contributed by atoms with E-state index >= 15 is 0 Å². The van der Waals surface area contributed by atoms with E-state index in [9.17, 15) is 5.26 Å². The first-order valence-corrected chi connectivity index (χ1v) is 11.9. The quantitative estimate of drug-likeness (QED) is 0.422. The van der Waals surface area contributed by atoms with Gasteiger partial charge in [0.05, 0.1) is 42.6 Å². The zero-order valence-electron chi connectivity index (χ0n) is 18.9. The van der Waals surface area contributed by atoms with Crippen LogP contribution in [0.3, 0.4) is 0 Å². The standard InChI is InChI=1S/C24H23N7O2S/c1-32-19-6-20(23-16(7-25)9-28-31(23)14-19)21-10-27-24(34-21)29-12-17-5-18(13-29)30(17)11-15-3-4-22(33-2)26-8-15/h3-4,6,8-10,14,17-18H,5,11-13H2,1-2H3. The van der Waals surface area contributed by atoms with Crippen molar-refractivity contribution in [1.82, 2.24) is 24.5 Å². The molecule has 0 amide bonds. The fraction of sp³-hybridized carbons (Fsp3) is 0.333. The Morgan fingerprint density at radius 1 is 1.12 bits per heavy atom. The van der Waals surface area contributed by atoms with E-state index < -0.39 is 0 Å². The second-order valence-corrected chi connectivity index (χ2v) is 9.60. The summed E-state index contributed by atoms with van der Waals surface area (Å²) in [4.78, 5) is 15.0. The maximum atomic E-state index is 9.55. The van der Waals surface area contributed by atoms with Crippen LogP contribution in [0.5, 0.6) is 11.6 Å². The average molecular weight is 474 g/mol. The number of thiazole rings is 1. The first-order chi connectivity index (χ1) is 16.7. The lowest BCUT2D eigenvalue weighted by molar-refractivity contribution is -0.00852. The van der Waals surface area contributed by atoms with Gasteiger partial charge in [-0.05, 0) is 18.1 Å². The van der Waals surface area contributed by atoms with Gasteiger partial charge < -0.3 is 14.4 Å². The van der Waals surface area contributed by atoms with Crippen molar-refractivity contribution in [1.29, 1.82) is 5.26 Å². The van der Waals surface area contributed by atoms with Crippen LogP contribution >= 0.6 is 11.3 Å². The highest BCUT2D eigenvalue weighted by Crippen LogP contribution is 2.40. The van der Waals surface area contributed by atoms with Crippen molar-refractivity contribution in [3.63, 3.8) is 0 Å². The summed E-state index contributed by atoms with van der Waals surface area (Å²) in [5.41, 5.74) is 3.43. The van der Waals surface area contributed by atoms with E-state index in [1.165, 1.54) is 12.0 Å². The van der Waals surface area contributed by atoms with Crippen molar-refractivity contribution in [3.8, 4) is 28.1 Å². The molecule has 34 heavy (non-hydrogen) atoms.